The molecule has 0 amide bonds. The Balaban J connectivity index is -0.0000000775. The summed E-state index contributed by atoms with van der Waals surface area (Å²) < 4.78 is 4.39. The van der Waals surface area contributed by atoms with Crippen LogP contribution < -0.4 is 11.5 Å². The number of allylic oxidation sites excluding steroid dienone is 1. The summed E-state index contributed by atoms with van der Waals surface area (Å²) in [4.78, 5) is 9.46. The van der Waals surface area contributed by atoms with E-state index in [0.29, 0.717) is 13.1 Å². The van der Waals surface area contributed by atoms with Gasteiger partial charge in [-0.1, -0.05) is 19.4 Å². The molecule has 0 atom stereocenters. The lowest BCUT2D eigenvalue weighted by Crippen LogP contribution is -2.03. The van der Waals surface area contributed by atoms with Gasteiger partial charge in [0.15, 0.2) is 0 Å². The number of aliphatic hydroxyl groups excluding tert-OH is 2. The first kappa shape index (κ1) is 25.4. The number of aliphatic hydroxyl groups is 2. The van der Waals surface area contributed by atoms with Crippen molar-refractivity contribution in [2.45, 2.75) is 26.7 Å². The largest absolute Gasteiger partial charge is 0.487 e. The summed E-state index contributed by atoms with van der Waals surface area (Å²) in [5.74, 6) is 0. The van der Waals surface area contributed by atoms with Crippen molar-refractivity contribution in [3.8, 4) is 0 Å². The number of ether oxygens (including phenoxy) is 1. The fraction of sp³-hybridized carbons (Fsp3) is 0.500. The molecule has 108 valence electrons. The van der Waals surface area contributed by atoms with Gasteiger partial charge in [0.05, 0.1) is 6.61 Å². The van der Waals surface area contributed by atoms with Crippen molar-refractivity contribution in [3.63, 3.8) is 0 Å². The van der Waals surface area contributed by atoms with E-state index in [1.807, 2.05) is 13.8 Å². The van der Waals surface area contributed by atoms with Crippen LogP contribution in [-0.2, 0) is 9.53 Å². The molecule has 18 heavy (non-hydrogen) atoms. The molecule has 6 nitrogen and oxygen atoms in total. The highest BCUT2D eigenvalue weighted by Crippen LogP contribution is 1.83. The van der Waals surface area contributed by atoms with Gasteiger partial charge in [0.1, 0.15) is 0 Å². The van der Waals surface area contributed by atoms with Gasteiger partial charge in [0.25, 0.3) is 16.8 Å². The maximum absolute atomic E-state index is 9.46. The lowest BCUT2D eigenvalue weighted by molar-refractivity contribution is -0.128. The molecule has 0 spiro atoms. The second-order valence-corrected chi connectivity index (χ2v) is 3.24. The topological polar surface area (TPSA) is 119 Å². The maximum Gasteiger partial charge on any atom is 0.293 e. The summed E-state index contributed by atoms with van der Waals surface area (Å²) >= 11 is 7.74. The predicted molar refractivity (Wildman–Crippen MR) is 81.6 cm³/mol. The van der Waals surface area contributed by atoms with Crippen LogP contribution >= 0.6 is 24.4 Å². The number of hydrogen-bond donors (Lipinski definition) is 4. The number of thiocarbonyl (C=S) groups is 2. The van der Waals surface area contributed by atoms with Crippen LogP contribution in [0.5, 0.6) is 0 Å². The first-order valence-electron chi connectivity index (χ1n) is 4.89. The number of nitrogens with two attached hydrogens (primary N) is 2. The van der Waals surface area contributed by atoms with E-state index < -0.39 is 10.3 Å². The molecule has 0 rings (SSSR count). The van der Waals surface area contributed by atoms with E-state index >= 15 is 0 Å². The summed E-state index contributed by atoms with van der Waals surface area (Å²) in [6, 6.07) is 0. The van der Waals surface area contributed by atoms with Gasteiger partial charge < -0.3 is 26.4 Å². The van der Waals surface area contributed by atoms with Gasteiger partial charge in [-0.2, -0.15) is 0 Å². The Labute approximate surface area is 119 Å². The van der Waals surface area contributed by atoms with Crippen molar-refractivity contribution in [1.29, 1.82) is 0 Å². The molecule has 0 fully saturated rings. The van der Waals surface area contributed by atoms with Crippen molar-refractivity contribution in [2.24, 2.45) is 11.5 Å². The molecule has 0 saturated carbocycles. The fourth-order valence-electron chi connectivity index (χ4n) is 0.276. The Hall–Kier alpha value is -1.41. The van der Waals surface area contributed by atoms with Gasteiger partial charge in [-0.25, -0.2) is 0 Å². The first-order chi connectivity index (χ1) is 8.29. The highest BCUT2D eigenvalue weighted by molar-refractivity contribution is 7.80. The second kappa shape index (κ2) is 29.6. The second-order valence-electron chi connectivity index (χ2n) is 2.41. The molecule has 0 aromatic heterocycles. The van der Waals surface area contributed by atoms with Crippen LogP contribution in [0.25, 0.3) is 0 Å². The molecule has 0 bridgehead atoms. The molecule has 0 aliphatic heterocycles. The smallest absolute Gasteiger partial charge is 0.293 e. The van der Waals surface area contributed by atoms with Gasteiger partial charge in [-0.3, -0.25) is 4.79 Å². The Morgan fingerprint density at radius 2 is 1.61 bits per heavy atom. The molecule has 0 unspecified atom stereocenters. The van der Waals surface area contributed by atoms with Gasteiger partial charge in [-0.05, 0) is 37.8 Å². The predicted octanol–water partition coefficient (Wildman–Crippen LogP) is 1.73. The minimum absolute atomic E-state index is 0.482. The van der Waals surface area contributed by atoms with Gasteiger partial charge in [0.2, 0.25) is 0 Å². The van der Waals surface area contributed by atoms with E-state index in [1.54, 1.807) is 6.08 Å². The van der Waals surface area contributed by atoms with Gasteiger partial charge >= 0.3 is 0 Å². The van der Waals surface area contributed by atoms with Crippen molar-refractivity contribution in [3.05, 3.63) is 12.7 Å². The van der Waals surface area contributed by atoms with E-state index in [1.165, 1.54) is 0 Å². The van der Waals surface area contributed by atoms with Crippen LogP contribution in [0.2, 0.25) is 0 Å². The van der Waals surface area contributed by atoms with Crippen LogP contribution in [0, 0.1) is 0 Å². The Morgan fingerprint density at radius 1 is 1.33 bits per heavy atom. The lowest BCUT2D eigenvalue weighted by Gasteiger charge is -1.90. The lowest BCUT2D eigenvalue weighted by atomic mass is 10.4. The van der Waals surface area contributed by atoms with Crippen molar-refractivity contribution in [2.75, 3.05) is 6.61 Å². The highest BCUT2D eigenvalue weighted by atomic mass is 32.1. The van der Waals surface area contributed by atoms with E-state index in [2.05, 4.69) is 47.2 Å². The molecule has 0 aromatic rings. The molecule has 8 heteroatoms. The Bertz CT molecular complexity index is 194. The molecule has 0 aliphatic carbocycles. The molecule has 0 radical (unpaired) electrons. The maximum atomic E-state index is 9.46. The molecule has 0 saturated heterocycles. The van der Waals surface area contributed by atoms with E-state index in [-0.39, 0.29) is 0 Å². The summed E-state index contributed by atoms with van der Waals surface area (Å²) in [5, 5.41) is 14.1. The standard InChI is InChI=1S/C5H10O2.C3H6.2CH3NOS/c1-2-3-4-7-5-6;1-3-2;2*2-1(3)4/h5H,2-4H2,1H3;3H,1H2,2H3;2*(H3,2,3,4). The van der Waals surface area contributed by atoms with Crippen LogP contribution in [0.15, 0.2) is 12.7 Å². The zero-order valence-corrected chi connectivity index (χ0v) is 12.3. The molecule has 0 aliphatic rings. The average Bonchev–Trinajstić information content (AvgIpc) is 2.18. The number of unbranched alkanes of at least 4 members (excludes halogenated alkanes) is 1. The number of hydrogen-bond acceptors (Lipinski definition) is 4. The average molecular weight is 298 g/mol. The highest BCUT2D eigenvalue weighted by Gasteiger charge is 1.78. The van der Waals surface area contributed by atoms with Crippen LogP contribution in [0.3, 0.4) is 0 Å². The monoisotopic (exact) mass is 298 g/mol. The van der Waals surface area contributed by atoms with Gasteiger partial charge in [-0.15, -0.1) is 6.58 Å². The number of carbonyl (C=O) groups excluding carboxylic acids is 1. The number of carbonyl (C=O) groups is 1. The molecular weight excluding hydrogens is 276 g/mol. The summed E-state index contributed by atoms with van der Waals surface area (Å²) in [5.41, 5.74) is 8.80. The summed E-state index contributed by atoms with van der Waals surface area (Å²) in [6.45, 7) is 8.35. The van der Waals surface area contributed by atoms with Crippen molar-refractivity contribution < 1.29 is 19.7 Å². The number of rotatable bonds is 4. The van der Waals surface area contributed by atoms with Crippen molar-refractivity contribution >= 4 is 41.3 Å². The zero-order chi connectivity index (χ0) is 15.4. The third-order valence-electron chi connectivity index (χ3n) is 0.684. The SMILES string of the molecule is C=CC.CCCCOC=O.NC(O)=S.NC(O)=S. The van der Waals surface area contributed by atoms with Gasteiger partial charge in [0, 0.05) is 0 Å². The van der Waals surface area contributed by atoms with Crippen LogP contribution in [-0.4, -0.2) is 33.6 Å². The van der Waals surface area contributed by atoms with E-state index in [0.717, 1.165) is 12.8 Å². The molecule has 6 N–H and O–H groups in total. The zero-order valence-electron chi connectivity index (χ0n) is 10.7. The molecule has 0 heterocycles. The minimum atomic E-state index is -0.500. The molecular formula is C10H22N2O4S2. The minimum Gasteiger partial charge on any atom is -0.487 e. The third-order valence-corrected chi connectivity index (χ3v) is 0.684. The third kappa shape index (κ3) is 402. The molecule has 0 aromatic carbocycles. The van der Waals surface area contributed by atoms with E-state index in [9.17, 15) is 4.79 Å². The first-order valence-corrected chi connectivity index (χ1v) is 5.70. The normalized spacial score (nSPS) is 6.56. The summed E-state index contributed by atoms with van der Waals surface area (Å²) in [7, 11) is 0. The quantitative estimate of drug-likeness (QED) is 0.268. The Kier molecular flexibility index (Phi) is 41.8. The van der Waals surface area contributed by atoms with Crippen LogP contribution in [0.4, 0.5) is 0 Å². The van der Waals surface area contributed by atoms with E-state index in [4.69, 9.17) is 10.2 Å². The van der Waals surface area contributed by atoms with Crippen LogP contribution in [0.1, 0.15) is 26.7 Å². The van der Waals surface area contributed by atoms with Crippen molar-refractivity contribution in [1.82, 2.24) is 0 Å². The Morgan fingerprint density at radius 3 is 1.78 bits per heavy atom. The summed E-state index contributed by atoms with van der Waals surface area (Å²) in [6.07, 6.45) is 3.80. The fourth-order valence-corrected chi connectivity index (χ4v) is 0.276.